The normalized spacial score (nSPS) is 11.7. The van der Waals surface area contributed by atoms with Gasteiger partial charge in [-0.1, -0.05) is 26.0 Å². The summed E-state index contributed by atoms with van der Waals surface area (Å²) in [5, 5.41) is 3.98. The van der Waals surface area contributed by atoms with E-state index in [-0.39, 0.29) is 4.90 Å². The maximum atomic E-state index is 12.5. The maximum Gasteiger partial charge on any atom is 0.261 e. The zero-order chi connectivity index (χ0) is 18.6. The fraction of sp³-hybridized carbons (Fsp3) is 0.278. The number of aromatic nitrogens is 4. The smallest absolute Gasteiger partial charge is 0.261 e. The fourth-order valence-corrected chi connectivity index (χ4v) is 3.46. The Morgan fingerprint density at radius 3 is 2.46 bits per heavy atom. The molecule has 136 valence electrons. The summed E-state index contributed by atoms with van der Waals surface area (Å²) in [7, 11) is -3.65. The summed E-state index contributed by atoms with van der Waals surface area (Å²) in [4.78, 5) is 8.27. The largest absolute Gasteiger partial charge is 0.278 e. The molecule has 8 heteroatoms. The van der Waals surface area contributed by atoms with Crippen LogP contribution in [0.4, 0.5) is 5.69 Å². The van der Waals surface area contributed by atoms with E-state index in [9.17, 15) is 8.42 Å². The molecule has 0 bridgehead atoms. The molecule has 0 atom stereocenters. The SMILES string of the molecule is CC(C)CCc1ccc(S(=O)(=O)Nc2ccc(-n3cncn3)nc2)cc1. The molecule has 0 saturated heterocycles. The predicted octanol–water partition coefficient (Wildman–Crippen LogP) is 3.05. The van der Waals surface area contributed by atoms with E-state index < -0.39 is 10.0 Å². The van der Waals surface area contributed by atoms with E-state index in [1.54, 1.807) is 24.3 Å². The number of nitrogens with zero attached hydrogens (tertiary/aromatic N) is 4. The Hall–Kier alpha value is -2.74. The van der Waals surface area contributed by atoms with Crippen LogP contribution in [0.3, 0.4) is 0 Å². The van der Waals surface area contributed by atoms with E-state index in [4.69, 9.17) is 0 Å². The average Bonchev–Trinajstić information content (AvgIpc) is 3.15. The minimum atomic E-state index is -3.65. The van der Waals surface area contributed by atoms with Crippen LogP contribution in [0.2, 0.25) is 0 Å². The van der Waals surface area contributed by atoms with Crippen molar-refractivity contribution in [2.24, 2.45) is 5.92 Å². The first-order valence-electron chi connectivity index (χ1n) is 8.37. The first kappa shape index (κ1) is 18.1. The van der Waals surface area contributed by atoms with Crippen molar-refractivity contribution in [3.8, 4) is 5.82 Å². The molecule has 0 aliphatic rings. The van der Waals surface area contributed by atoms with Crippen molar-refractivity contribution in [2.75, 3.05) is 4.72 Å². The van der Waals surface area contributed by atoms with Crippen molar-refractivity contribution in [3.05, 3.63) is 60.8 Å². The molecule has 0 amide bonds. The van der Waals surface area contributed by atoms with E-state index >= 15 is 0 Å². The number of hydrogen-bond acceptors (Lipinski definition) is 5. The van der Waals surface area contributed by atoms with Gasteiger partial charge < -0.3 is 0 Å². The fourth-order valence-electron chi connectivity index (χ4n) is 2.41. The van der Waals surface area contributed by atoms with Crippen LogP contribution in [0.15, 0.2) is 60.1 Å². The Bertz CT molecular complexity index is 934. The van der Waals surface area contributed by atoms with Gasteiger partial charge in [-0.25, -0.2) is 23.1 Å². The minimum absolute atomic E-state index is 0.228. The molecule has 0 spiro atoms. The summed E-state index contributed by atoms with van der Waals surface area (Å²) in [6, 6.07) is 10.3. The van der Waals surface area contributed by atoms with E-state index in [0.717, 1.165) is 18.4 Å². The van der Waals surface area contributed by atoms with Crippen molar-refractivity contribution in [3.63, 3.8) is 0 Å². The number of rotatable bonds is 7. The third kappa shape index (κ3) is 4.45. The van der Waals surface area contributed by atoms with Gasteiger partial charge in [-0.05, 0) is 48.6 Å². The molecule has 2 heterocycles. The van der Waals surface area contributed by atoms with Crippen LogP contribution in [0.5, 0.6) is 0 Å². The number of pyridine rings is 1. The molecule has 0 aliphatic heterocycles. The van der Waals surface area contributed by atoms with Crippen molar-refractivity contribution >= 4 is 15.7 Å². The highest BCUT2D eigenvalue weighted by atomic mass is 32.2. The van der Waals surface area contributed by atoms with Crippen molar-refractivity contribution in [2.45, 2.75) is 31.6 Å². The number of benzene rings is 1. The average molecular weight is 371 g/mol. The van der Waals surface area contributed by atoms with Gasteiger partial charge in [-0.15, -0.1) is 0 Å². The second-order valence-corrected chi connectivity index (χ2v) is 8.11. The van der Waals surface area contributed by atoms with Gasteiger partial charge in [0.25, 0.3) is 10.0 Å². The van der Waals surface area contributed by atoms with Gasteiger partial charge in [0.2, 0.25) is 0 Å². The van der Waals surface area contributed by atoms with Gasteiger partial charge in [0.05, 0.1) is 16.8 Å². The highest BCUT2D eigenvalue weighted by Gasteiger charge is 2.14. The molecule has 7 nitrogen and oxygen atoms in total. The van der Waals surface area contributed by atoms with E-state index in [1.807, 2.05) is 12.1 Å². The number of nitrogens with one attached hydrogen (secondary N) is 1. The lowest BCUT2D eigenvalue weighted by atomic mass is 10.0. The molecular formula is C18H21N5O2S. The second-order valence-electron chi connectivity index (χ2n) is 6.43. The lowest BCUT2D eigenvalue weighted by molar-refractivity contribution is 0.586. The monoisotopic (exact) mass is 371 g/mol. The standard InChI is InChI=1S/C18H21N5O2S/c1-14(2)3-4-15-5-8-17(9-6-15)26(24,25)22-16-7-10-18(20-11-16)23-13-19-12-21-23/h5-14,22H,3-4H2,1-2H3. The van der Waals surface area contributed by atoms with E-state index in [2.05, 4.69) is 33.6 Å². The minimum Gasteiger partial charge on any atom is -0.278 e. The van der Waals surface area contributed by atoms with Crippen LogP contribution < -0.4 is 4.72 Å². The summed E-state index contributed by atoms with van der Waals surface area (Å²) in [5.74, 6) is 1.17. The zero-order valence-electron chi connectivity index (χ0n) is 14.7. The molecular weight excluding hydrogens is 350 g/mol. The zero-order valence-corrected chi connectivity index (χ0v) is 15.5. The topological polar surface area (TPSA) is 89.8 Å². The maximum absolute atomic E-state index is 12.5. The second kappa shape index (κ2) is 7.65. The predicted molar refractivity (Wildman–Crippen MR) is 99.6 cm³/mol. The molecule has 0 unspecified atom stereocenters. The van der Waals surface area contributed by atoms with Gasteiger partial charge >= 0.3 is 0 Å². The van der Waals surface area contributed by atoms with Crippen LogP contribution in [0.25, 0.3) is 5.82 Å². The summed E-state index contributed by atoms with van der Waals surface area (Å²) in [5.41, 5.74) is 1.52. The van der Waals surface area contributed by atoms with Gasteiger partial charge in [-0.3, -0.25) is 4.72 Å². The van der Waals surface area contributed by atoms with E-state index in [0.29, 0.717) is 17.4 Å². The molecule has 1 aromatic carbocycles. The highest BCUT2D eigenvalue weighted by molar-refractivity contribution is 7.92. The Morgan fingerprint density at radius 2 is 1.88 bits per heavy atom. The van der Waals surface area contributed by atoms with Crippen LogP contribution in [-0.4, -0.2) is 28.2 Å². The summed E-state index contributed by atoms with van der Waals surface area (Å²) < 4.78 is 29.1. The number of aryl methyl sites for hydroxylation is 1. The summed E-state index contributed by atoms with van der Waals surface area (Å²) in [6.07, 6.45) is 6.40. The number of hydrogen-bond donors (Lipinski definition) is 1. The first-order chi connectivity index (χ1) is 12.4. The number of sulfonamides is 1. The summed E-state index contributed by atoms with van der Waals surface area (Å²) in [6.45, 7) is 4.34. The van der Waals surface area contributed by atoms with Gasteiger partial charge in [0.15, 0.2) is 5.82 Å². The molecule has 1 N–H and O–H groups in total. The van der Waals surface area contributed by atoms with Gasteiger partial charge in [0, 0.05) is 0 Å². The van der Waals surface area contributed by atoms with Crippen LogP contribution >= 0.6 is 0 Å². The Labute approximate surface area is 153 Å². The summed E-state index contributed by atoms with van der Waals surface area (Å²) >= 11 is 0. The Kier molecular flexibility index (Phi) is 5.32. The number of anilines is 1. The first-order valence-corrected chi connectivity index (χ1v) is 9.85. The van der Waals surface area contributed by atoms with Crippen molar-refractivity contribution in [1.29, 1.82) is 0 Å². The molecule has 0 radical (unpaired) electrons. The van der Waals surface area contributed by atoms with Crippen molar-refractivity contribution < 1.29 is 8.42 Å². The molecule has 3 rings (SSSR count). The lowest BCUT2D eigenvalue weighted by Crippen LogP contribution is -2.13. The third-order valence-electron chi connectivity index (χ3n) is 3.90. The van der Waals surface area contributed by atoms with Gasteiger partial charge in [0.1, 0.15) is 12.7 Å². The molecule has 2 aromatic heterocycles. The Balaban J connectivity index is 1.70. The molecule has 26 heavy (non-hydrogen) atoms. The van der Waals surface area contributed by atoms with Crippen LogP contribution in [0, 0.1) is 5.92 Å². The Morgan fingerprint density at radius 1 is 1.12 bits per heavy atom. The highest BCUT2D eigenvalue weighted by Crippen LogP contribution is 2.18. The lowest BCUT2D eigenvalue weighted by Gasteiger charge is -2.10. The molecule has 0 aliphatic carbocycles. The van der Waals surface area contributed by atoms with Crippen LogP contribution in [-0.2, 0) is 16.4 Å². The van der Waals surface area contributed by atoms with Gasteiger partial charge in [-0.2, -0.15) is 5.10 Å². The van der Waals surface area contributed by atoms with E-state index in [1.165, 1.54) is 23.5 Å². The molecule has 3 aromatic rings. The molecule has 0 fully saturated rings. The van der Waals surface area contributed by atoms with Crippen LogP contribution in [0.1, 0.15) is 25.8 Å². The molecule has 0 saturated carbocycles. The quantitative estimate of drug-likeness (QED) is 0.689. The third-order valence-corrected chi connectivity index (χ3v) is 5.29. The van der Waals surface area contributed by atoms with Crippen molar-refractivity contribution in [1.82, 2.24) is 19.7 Å².